The van der Waals surface area contributed by atoms with E-state index in [-0.39, 0.29) is 17.6 Å². The molecule has 1 amide bonds. The van der Waals surface area contributed by atoms with Gasteiger partial charge >= 0.3 is 0 Å². The second kappa shape index (κ2) is 6.44. The summed E-state index contributed by atoms with van der Waals surface area (Å²) in [5, 5.41) is 14.5. The maximum Gasteiger partial charge on any atom is 0.270 e. The summed E-state index contributed by atoms with van der Waals surface area (Å²) in [6.07, 6.45) is 2.02. The zero-order valence-electron chi connectivity index (χ0n) is 13.7. The third-order valence-electron chi connectivity index (χ3n) is 4.10. The fourth-order valence-corrected chi connectivity index (χ4v) is 2.58. The number of amides is 1. The SMILES string of the molecule is O=C(NC1CC1)c1ccc2cccc(Oc3ccc([N+](=O)[O-])cc3)c2n1. The van der Waals surface area contributed by atoms with Gasteiger partial charge in [0.25, 0.3) is 11.6 Å². The fraction of sp³-hybridized carbons (Fsp3) is 0.158. The van der Waals surface area contributed by atoms with Crippen molar-refractivity contribution in [3.05, 3.63) is 70.4 Å². The van der Waals surface area contributed by atoms with Crippen molar-refractivity contribution in [2.24, 2.45) is 0 Å². The van der Waals surface area contributed by atoms with Crippen LogP contribution in [0.25, 0.3) is 10.9 Å². The van der Waals surface area contributed by atoms with E-state index >= 15 is 0 Å². The predicted octanol–water partition coefficient (Wildman–Crippen LogP) is 3.83. The average Bonchev–Trinajstić information content (AvgIpc) is 3.46. The molecule has 1 aromatic heterocycles. The second-order valence-electron chi connectivity index (χ2n) is 6.13. The minimum absolute atomic E-state index is 0.00701. The van der Waals surface area contributed by atoms with E-state index in [2.05, 4.69) is 10.3 Å². The average molecular weight is 349 g/mol. The Labute approximate surface area is 148 Å². The molecule has 4 rings (SSSR count). The number of nitro groups is 1. The molecule has 0 radical (unpaired) electrons. The molecule has 26 heavy (non-hydrogen) atoms. The number of carbonyl (C=O) groups is 1. The number of nitro benzene ring substituents is 1. The van der Waals surface area contributed by atoms with E-state index in [0.717, 1.165) is 18.2 Å². The summed E-state index contributed by atoms with van der Waals surface area (Å²) >= 11 is 0. The number of carbonyl (C=O) groups excluding carboxylic acids is 1. The summed E-state index contributed by atoms with van der Waals surface area (Å²) < 4.78 is 5.84. The molecule has 3 aromatic rings. The first-order valence-corrected chi connectivity index (χ1v) is 8.23. The Kier molecular flexibility index (Phi) is 3.96. The van der Waals surface area contributed by atoms with Crippen molar-refractivity contribution in [1.82, 2.24) is 10.3 Å². The number of benzene rings is 2. The highest BCUT2D eigenvalue weighted by Gasteiger charge is 2.24. The number of hydrogen-bond donors (Lipinski definition) is 1. The van der Waals surface area contributed by atoms with Crippen molar-refractivity contribution in [1.29, 1.82) is 0 Å². The van der Waals surface area contributed by atoms with Gasteiger partial charge in [-0.3, -0.25) is 14.9 Å². The van der Waals surface area contributed by atoms with E-state index < -0.39 is 4.92 Å². The van der Waals surface area contributed by atoms with Crippen LogP contribution >= 0.6 is 0 Å². The Hall–Kier alpha value is -3.48. The van der Waals surface area contributed by atoms with Gasteiger partial charge in [-0.25, -0.2) is 4.98 Å². The lowest BCUT2D eigenvalue weighted by Gasteiger charge is -2.10. The Morgan fingerprint density at radius 3 is 2.58 bits per heavy atom. The number of nitrogens with zero attached hydrogens (tertiary/aromatic N) is 2. The first kappa shape index (κ1) is 16.0. The number of hydrogen-bond acceptors (Lipinski definition) is 5. The smallest absolute Gasteiger partial charge is 0.270 e. The van der Waals surface area contributed by atoms with Crippen LogP contribution in [0.3, 0.4) is 0 Å². The zero-order valence-corrected chi connectivity index (χ0v) is 13.7. The molecule has 0 saturated heterocycles. The topological polar surface area (TPSA) is 94.4 Å². The van der Waals surface area contributed by atoms with Crippen LogP contribution < -0.4 is 10.1 Å². The van der Waals surface area contributed by atoms with Crippen molar-refractivity contribution in [2.75, 3.05) is 0 Å². The molecule has 7 nitrogen and oxygen atoms in total. The van der Waals surface area contributed by atoms with Crippen LogP contribution in [-0.4, -0.2) is 21.9 Å². The summed E-state index contributed by atoms with van der Waals surface area (Å²) in [5.74, 6) is 0.745. The Bertz CT molecular complexity index is 997. The number of rotatable bonds is 5. The molecule has 1 aliphatic rings. The van der Waals surface area contributed by atoms with Crippen LogP contribution in [0.4, 0.5) is 5.69 Å². The highest BCUT2D eigenvalue weighted by molar-refractivity contribution is 5.96. The molecule has 1 heterocycles. The number of para-hydroxylation sites is 1. The third kappa shape index (κ3) is 3.32. The zero-order chi connectivity index (χ0) is 18.1. The first-order valence-electron chi connectivity index (χ1n) is 8.23. The highest BCUT2D eigenvalue weighted by Crippen LogP contribution is 2.30. The largest absolute Gasteiger partial charge is 0.455 e. The van der Waals surface area contributed by atoms with Gasteiger partial charge in [0.05, 0.1) is 4.92 Å². The van der Waals surface area contributed by atoms with Crippen LogP contribution in [0.15, 0.2) is 54.6 Å². The second-order valence-corrected chi connectivity index (χ2v) is 6.13. The van der Waals surface area contributed by atoms with Crippen LogP contribution in [0.1, 0.15) is 23.3 Å². The van der Waals surface area contributed by atoms with E-state index in [4.69, 9.17) is 4.74 Å². The van der Waals surface area contributed by atoms with E-state index in [0.29, 0.717) is 22.7 Å². The molecule has 0 unspecified atom stereocenters. The minimum Gasteiger partial charge on any atom is -0.455 e. The molecule has 130 valence electrons. The Morgan fingerprint density at radius 1 is 1.12 bits per heavy atom. The van der Waals surface area contributed by atoms with Crippen LogP contribution in [-0.2, 0) is 0 Å². The number of fused-ring (bicyclic) bond motifs is 1. The number of pyridine rings is 1. The molecule has 1 N–H and O–H groups in total. The molecule has 7 heteroatoms. The van der Waals surface area contributed by atoms with Crippen molar-refractivity contribution in [3.63, 3.8) is 0 Å². The summed E-state index contributed by atoms with van der Waals surface area (Å²) in [6, 6.07) is 15.0. The van der Waals surface area contributed by atoms with Gasteiger partial charge in [-0.05, 0) is 37.1 Å². The normalized spacial score (nSPS) is 13.4. The summed E-state index contributed by atoms with van der Waals surface area (Å²) in [7, 11) is 0. The van der Waals surface area contributed by atoms with Gasteiger partial charge in [-0.15, -0.1) is 0 Å². The van der Waals surface area contributed by atoms with E-state index in [1.54, 1.807) is 12.1 Å². The molecule has 0 bridgehead atoms. The lowest BCUT2D eigenvalue weighted by Crippen LogP contribution is -2.26. The molecular weight excluding hydrogens is 334 g/mol. The molecule has 0 spiro atoms. The maximum absolute atomic E-state index is 12.2. The van der Waals surface area contributed by atoms with E-state index in [1.165, 1.54) is 24.3 Å². The van der Waals surface area contributed by atoms with Crippen LogP contribution in [0, 0.1) is 10.1 Å². The van der Waals surface area contributed by atoms with Crippen molar-refractivity contribution in [2.45, 2.75) is 18.9 Å². The Balaban J connectivity index is 1.65. The maximum atomic E-state index is 12.2. The van der Waals surface area contributed by atoms with Gasteiger partial charge < -0.3 is 10.1 Å². The molecule has 1 aliphatic carbocycles. The molecular formula is C19H15N3O4. The van der Waals surface area contributed by atoms with Gasteiger partial charge in [0, 0.05) is 23.6 Å². The van der Waals surface area contributed by atoms with Crippen molar-refractivity contribution in [3.8, 4) is 11.5 Å². The van der Waals surface area contributed by atoms with E-state index in [9.17, 15) is 14.9 Å². The Morgan fingerprint density at radius 2 is 1.88 bits per heavy atom. The molecule has 1 fully saturated rings. The van der Waals surface area contributed by atoms with Crippen LogP contribution in [0.2, 0.25) is 0 Å². The standard InChI is InChI=1S/C19H15N3O4/c23-19(20-13-5-6-13)16-11-4-12-2-1-3-17(18(12)21-16)26-15-9-7-14(8-10-15)22(24)25/h1-4,7-11,13H,5-6H2,(H,20,23). The highest BCUT2D eigenvalue weighted by atomic mass is 16.6. The molecule has 2 aromatic carbocycles. The number of non-ortho nitro benzene ring substituents is 1. The van der Waals surface area contributed by atoms with Crippen LogP contribution in [0.5, 0.6) is 11.5 Å². The van der Waals surface area contributed by atoms with Crippen molar-refractivity contribution < 1.29 is 14.5 Å². The van der Waals surface area contributed by atoms with Gasteiger partial charge in [0.15, 0.2) is 5.75 Å². The van der Waals surface area contributed by atoms with Gasteiger partial charge in [0.2, 0.25) is 0 Å². The van der Waals surface area contributed by atoms with Gasteiger partial charge in [0.1, 0.15) is 17.0 Å². The predicted molar refractivity (Wildman–Crippen MR) is 95.4 cm³/mol. The lowest BCUT2D eigenvalue weighted by molar-refractivity contribution is -0.384. The monoisotopic (exact) mass is 349 g/mol. The minimum atomic E-state index is -0.464. The van der Waals surface area contributed by atoms with Gasteiger partial charge in [-0.1, -0.05) is 18.2 Å². The summed E-state index contributed by atoms with van der Waals surface area (Å²) in [4.78, 5) is 27.0. The van der Waals surface area contributed by atoms with E-state index in [1.807, 2.05) is 18.2 Å². The number of ether oxygens (including phenoxy) is 1. The summed E-state index contributed by atoms with van der Waals surface area (Å²) in [5.41, 5.74) is 0.894. The molecule has 0 atom stereocenters. The summed E-state index contributed by atoms with van der Waals surface area (Å²) in [6.45, 7) is 0. The fourth-order valence-electron chi connectivity index (χ4n) is 2.58. The molecule has 1 saturated carbocycles. The van der Waals surface area contributed by atoms with Gasteiger partial charge in [-0.2, -0.15) is 0 Å². The third-order valence-corrected chi connectivity index (χ3v) is 4.10. The first-order chi connectivity index (χ1) is 12.6. The number of aromatic nitrogens is 1. The molecule has 0 aliphatic heterocycles. The lowest BCUT2D eigenvalue weighted by atomic mass is 10.2. The number of nitrogens with one attached hydrogen (secondary N) is 1. The van der Waals surface area contributed by atoms with Crippen molar-refractivity contribution >= 4 is 22.5 Å². The quantitative estimate of drug-likeness (QED) is 0.558.